The summed E-state index contributed by atoms with van der Waals surface area (Å²) in [6.07, 6.45) is 1.88. The molecule has 0 saturated heterocycles. The van der Waals surface area contributed by atoms with Gasteiger partial charge in [-0.3, -0.25) is 0 Å². The molecule has 114 valence electrons. The zero-order valence-corrected chi connectivity index (χ0v) is 13.5. The van der Waals surface area contributed by atoms with Crippen LogP contribution < -0.4 is 11.1 Å². The van der Waals surface area contributed by atoms with Crippen LogP contribution in [-0.2, 0) is 14.6 Å². The Morgan fingerprint density at radius 1 is 1.40 bits per heavy atom. The van der Waals surface area contributed by atoms with Crippen LogP contribution in [0.2, 0.25) is 0 Å². The van der Waals surface area contributed by atoms with Gasteiger partial charge in [-0.25, -0.2) is 13.2 Å². The molecule has 20 heavy (non-hydrogen) atoms. The van der Waals surface area contributed by atoms with Crippen LogP contribution in [0.5, 0.6) is 0 Å². The maximum atomic E-state index is 12.1. The summed E-state index contributed by atoms with van der Waals surface area (Å²) in [5.41, 5.74) is 5.81. The average molecular weight is 320 g/mol. The molecule has 0 bridgehead atoms. The van der Waals surface area contributed by atoms with Crippen LogP contribution >= 0.6 is 11.3 Å². The lowest BCUT2D eigenvalue weighted by molar-refractivity contribution is 0.0607. The summed E-state index contributed by atoms with van der Waals surface area (Å²) in [6.45, 7) is 4.21. The molecule has 0 aliphatic rings. The van der Waals surface area contributed by atoms with Crippen LogP contribution in [0.1, 0.15) is 36.4 Å². The van der Waals surface area contributed by atoms with Crippen molar-refractivity contribution in [2.75, 3.05) is 30.5 Å². The maximum Gasteiger partial charge on any atom is 0.350 e. The Labute approximate surface area is 123 Å². The Kier molecular flexibility index (Phi) is 5.82. The van der Waals surface area contributed by atoms with Gasteiger partial charge < -0.3 is 15.8 Å². The highest BCUT2D eigenvalue weighted by molar-refractivity contribution is 7.91. The third-order valence-electron chi connectivity index (χ3n) is 2.78. The number of nitrogens with one attached hydrogen (secondary N) is 1. The van der Waals surface area contributed by atoms with Gasteiger partial charge in [0.05, 0.1) is 18.6 Å². The summed E-state index contributed by atoms with van der Waals surface area (Å²) in [5.74, 6) is -0.694. The maximum absolute atomic E-state index is 12.1. The van der Waals surface area contributed by atoms with Gasteiger partial charge >= 0.3 is 5.97 Å². The summed E-state index contributed by atoms with van der Waals surface area (Å²) in [6, 6.07) is 0. The minimum atomic E-state index is -3.50. The standard InChI is InChI=1S/C12H20N2O4S2/c1-4-6-7-14-11-10(20(16,17)5-2)8(13)9(19-11)12(15)18-3/h14H,4-7,13H2,1-3H3. The quantitative estimate of drug-likeness (QED) is 0.590. The second kappa shape index (κ2) is 6.94. The molecule has 1 aromatic heterocycles. The van der Waals surface area contributed by atoms with Gasteiger partial charge in [0.2, 0.25) is 0 Å². The predicted molar refractivity (Wildman–Crippen MR) is 81.2 cm³/mol. The van der Waals surface area contributed by atoms with Gasteiger partial charge in [0.15, 0.2) is 9.84 Å². The van der Waals surface area contributed by atoms with Crippen LogP contribution in [0, 0.1) is 0 Å². The van der Waals surface area contributed by atoms with E-state index in [1.165, 1.54) is 7.11 Å². The van der Waals surface area contributed by atoms with Crippen molar-refractivity contribution in [3.8, 4) is 0 Å². The van der Waals surface area contributed by atoms with E-state index in [0.717, 1.165) is 24.2 Å². The summed E-state index contributed by atoms with van der Waals surface area (Å²) < 4.78 is 28.9. The lowest BCUT2D eigenvalue weighted by Gasteiger charge is -2.07. The number of unbranched alkanes of at least 4 members (excludes halogenated alkanes) is 1. The number of anilines is 2. The third kappa shape index (κ3) is 3.43. The van der Waals surface area contributed by atoms with E-state index in [1.54, 1.807) is 6.92 Å². The van der Waals surface area contributed by atoms with Crippen molar-refractivity contribution in [1.29, 1.82) is 0 Å². The first-order chi connectivity index (χ1) is 9.38. The minimum Gasteiger partial charge on any atom is -0.465 e. The van der Waals surface area contributed by atoms with E-state index in [2.05, 4.69) is 10.1 Å². The Bertz CT molecular complexity index is 579. The number of sulfone groups is 1. The van der Waals surface area contributed by atoms with Crippen molar-refractivity contribution in [3.05, 3.63) is 4.88 Å². The Balaban J connectivity index is 3.30. The van der Waals surface area contributed by atoms with Gasteiger partial charge in [0, 0.05) is 6.54 Å². The highest BCUT2D eigenvalue weighted by Gasteiger charge is 2.28. The summed E-state index contributed by atoms with van der Waals surface area (Å²) in [7, 11) is -2.27. The van der Waals surface area contributed by atoms with Crippen LogP contribution in [0.4, 0.5) is 10.7 Å². The first kappa shape index (κ1) is 16.8. The summed E-state index contributed by atoms with van der Waals surface area (Å²) in [4.78, 5) is 11.8. The number of nitrogen functional groups attached to an aromatic ring is 1. The second-order valence-electron chi connectivity index (χ2n) is 4.18. The number of ether oxygens (including phenoxy) is 1. The minimum absolute atomic E-state index is 0.0153. The molecular weight excluding hydrogens is 300 g/mol. The highest BCUT2D eigenvalue weighted by atomic mass is 32.2. The lowest BCUT2D eigenvalue weighted by atomic mass is 10.3. The van der Waals surface area contributed by atoms with Crippen molar-refractivity contribution in [2.45, 2.75) is 31.6 Å². The molecule has 6 nitrogen and oxygen atoms in total. The molecule has 1 rings (SSSR count). The number of hydrogen-bond donors (Lipinski definition) is 2. The molecule has 0 amide bonds. The first-order valence-corrected chi connectivity index (χ1v) is 8.83. The molecule has 0 spiro atoms. The fourth-order valence-corrected chi connectivity index (χ4v) is 4.23. The molecule has 3 N–H and O–H groups in total. The summed E-state index contributed by atoms with van der Waals surface area (Å²) >= 11 is 1.02. The second-order valence-corrected chi connectivity index (χ2v) is 7.41. The van der Waals surface area contributed by atoms with E-state index in [4.69, 9.17) is 5.73 Å². The lowest BCUT2D eigenvalue weighted by Crippen LogP contribution is -2.10. The zero-order valence-electron chi connectivity index (χ0n) is 11.9. The Morgan fingerprint density at radius 2 is 2.05 bits per heavy atom. The van der Waals surface area contributed by atoms with Gasteiger partial charge in [-0.05, 0) is 6.42 Å². The van der Waals surface area contributed by atoms with E-state index in [0.29, 0.717) is 11.5 Å². The molecule has 0 fully saturated rings. The first-order valence-electron chi connectivity index (χ1n) is 6.36. The fourth-order valence-electron chi connectivity index (χ4n) is 1.62. The largest absolute Gasteiger partial charge is 0.465 e. The number of carbonyl (C=O) groups excluding carboxylic acids is 1. The van der Waals surface area contributed by atoms with Crippen molar-refractivity contribution in [1.82, 2.24) is 0 Å². The summed E-state index contributed by atoms with van der Waals surface area (Å²) in [5, 5.41) is 3.46. The van der Waals surface area contributed by atoms with E-state index in [-0.39, 0.29) is 21.2 Å². The number of esters is 1. The monoisotopic (exact) mass is 320 g/mol. The van der Waals surface area contributed by atoms with E-state index >= 15 is 0 Å². The SMILES string of the molecule is CCCCNc1sc(C(=O)OC)c(N)c1S(=O)(=O)CC. The number of carbonyl (C=O) groups is 1. The van der Waals surface area contributed by atoms with Gasteiger partial charge in [-0.1, -0.05) is 20.3 Å². The number of nitrogens with two attached hydrogens (primary N) is 1. The van der Waals surface area contributed by atoms with E-state index in [9.17, 15) is 13.2 Å². The highest BCUT2D eigenvalue weighted by Crippen LogP contribution is 2.40. The van der Waals surface area contributed by atoms with Crippen LogP contribution in [0.25, 0.3) is 0 Å². The predicted octanol–water partition coefficient (Wildman–Crippen LogP) is 2.12. The van der Waals surface area contributed by atoms with Gasteiger partial charge in [0.25, 0.3) is 0 Å². The number of thiophene rings is 1. The van der Waals surface area contributed by atoms with Gasteiger partial charge in [-0.2, -0.15) is 0 Å². The third-order valence-corrected chi connectivity index (χ3v) is 5.86. The normalized spacial score (nSPS) is 11.3. The molecule has 0 unspecified atom stereocenters. The molecule has 0 aromatic carbocycles. The molecular formula is C12H20N2O4S2. The van der Waals surface area contributed by atoms with Crippen molar-refractivity contribution < 1.29 is 17.9 Å². The fraction of sp³-hybridized carbons (Fsp3) is 0.583. The van der Waals surface area contributed by atoms with Crippen molar-refractivity contribution in [3.63, 3.8) is 0 Å². The molecule has 0 radical (unpaired) electrons. The van der Waals surface area contributed by atoms with Gasteiger partial charge in [-0.15, -0.1) is 11.3 Å². The molecule has 0 atom stereocenters. The van der Waals surface area contributed by atoms with E-state index < -0.39 is 15.8 Å². The number of rotatable bonds is 7. The molecule has 1 heterocycles. The average Bonchev–Trinajstić information content (AvgIpc) is 2.76. The zero-order chi connectivity index (χ0) is 15.3. The van der Waals surface area contributed by atoms with Crippen LogP contribution in [0.15, 0.2) is 4.90 Å². The van der Waals surface area contributed by atoms with Crippen molar-refractivity contribution >= 4 is 37.8 Å². The Hall–Kier alpha value is -1.28. The number of methoxy groups -OCH3 is 1. The molecule has 0 saturated carbocycles. The molecule has 0 aliphatic heterocycles. The molecule has 1 aromatic rings. The van der Waals surface area contributed by atoms with Crippen molar-refractivity contribution in [2.24, 2.45) is 0 Å². The van der Waals surface area contributed by atoms with Crippen LogP contribution in [-0.4, -0.2) is 33.8 Å². The smallest absolute Gasteiger partial charge is 0.350 e. The number of hydrogen-bond acceptors (Lipinski definition) is 7. The van der Waals surface area contributed by atoms with Gasteiger partial charge in [0.1, 0.15) is 14.8 Å². The molecule has 0 aliphatic carbocycles. The Morgan fingerprint density at radius 3 is 2.55 bits per heavy atom. The van der Waals surface area contributed by atoms with E-state index in [1.807, 2.05) is 6.92 Å². The van der Waals surface area contributed by atoms with Crippen LogP contribution in [0.3, 0.4) is 0 Å². The molecule has 8 heteroatoms. The topological polar surface area (TPSA) is 98.5 Å².